The molecule has 8 nitrogen and oxygen atoms in total. The normalized spacial score (nSPS) is 11.0. The molecule has 0 bridgehead atoms. The Kier molecular flexibility index (Phi) is 5.01. The van der Waals surface area contributed by atoms with Crippen molar-refractivity contribution in [3.05, 3.63) is 23.9 Å². The third-order valence-corrected chi connectivity index (χ3v) is 2.68. The number of carbonyl (C=O) groups is 1. The minimum absolute atomic E-state index is 0.139. The number of nitrogen functional groups attached to an aromatic ring is 1. The van der Waals surface area contributed by atoms with Gasteiger partial charge in [-0.05, 0) is 12.1 Å². The molecule has 0 aromatic carbocycles. The Morgan fingerprint density at radius 3 is 2.61 bits per heavy atom. The number of amides is 1. The molecular weight excluding hydrogens is 258 g/mol. The van der Waals surface area contributed by atoms with Crippen LogP contribution in [0, 0.1) is 0 Å². The molecule has 0 radical (unpaired) electrons. The number of anilines is 1. The maximum atomic E-state index is 11.6. The standard InChI is InChI=1S/C9H15N5O3S/c1-18(16,17)13-5-4-11-9(15)7-2-3-8(14-10)12-6-7/h2-3,6,13H,4-5,10H2,1H3,(H,11,15)(H,12,14). The van der Waals surface area contributed by atoms with Crippen molar-refractivity contribution in [1.82, 2.24) is 15.0 Å². The van der Waals surface area contributed by atoms with Gasteiger partial charge in [0.1, 0.15) is 5.82 Å². The molecule has 0 atom stereocenters. The van der Waals surface area contributed by atoms with E-state index >= 15 is 0 Å². The van der Waals surface area contributed by atoms with Crippen LogP contribution in [0.25, 0.3) is 0 Å². The van der Waals surface area contributed by atoms with E-state index in [1.165, 1.54) is 6.20 Å². The van der Waals surface area contributed by atoms with E-state index in [9.17, 15) is 13.2 Å². The molecule has 9 heteroatoms. The number of nitrogens with zero attached hydrogens (tertiary/aromatic N) is 1. The number of nitrogens with two attached hydrogens (primary N) is 1. The third kappa shape index (κ3) is 5.08. The third-order valence-electron chi connectivity index (χ3n) is 1.95. The molecule has 0 aliphatic carbocycles. The van der Waals surface area contributed by atoms with Gasteiger partial charge in [-0.2, -0.15) is 0 Å². The Morgan fingerprint density at radius 1 is 1.39 bits per heavy atom. The number of hydrogen-bond acceptors (Lipinski definition) is 6. The molecule has 1 aromatic heterocycles. The SMILES string of the molecule is CS(=O)(=O)NCCNC(=O)c1ccc(NN)nc1. The van der Waals surface area contributed by atoms with Crippen LogP contribution in [-0.2, 0) is 10.0 Å². The van der Waals surface area contributed by atoms with Crippen LogP contribution in [0.1, 0.15) is 10.4 Å². The smallest absolute Gasteiger partial charge is 0.252 e. The Hall–Kier alpha value is -1.71. The highest BCUT2D eigenvalue weighted by Crippen LogP contribution is 2.02. The summed E-state index contributed by atoms with van der Waals surface area (Å²) in [5.74, 6) is 5.25. The predicted octanol–water partition coefficient (Wildman–Crippen LogP) is -1.35. The van der Waals surface area contributed by atoms with Gasteiger partial charge >= 0.3 is 0 Å². The largest absolute Gasteiger partial charge is 0.351 e. The Morgan fingerprint density at radius 2 is 2.11 bits per heavy atom. The summed E-state index contributed by atoms with van der Waals surface area (Å²) in [7, 11) is -3.23. The first-order valence-corrected chi connectivity index (χ1v) is 6.97. The zero-order valence-corrected chi connectivity index (χ0v) is 10.6. The summed E-state index contributed by atoms with van der Waals surface area (Å²) in [5, 5.41) is 2.55. The molecule has 0 fully saturated rings. The Labute approximate surface area is 105 Å². The van der Waals surface area contributed by atoms with Gasteiger partial charge in [0.2, 0.25) is 10.0 Å². The van der Waals surface area contributed by atoms with Crippen molar-refractivity contribution in [2.45, 2.75) is 0 Å². The molecular formula is C9H15N5O3S. The van der Waals surface area contributed by atoms with Crippen LogP contribution in [0.5, 0.6) is 0 Å². The molecule has 0 aliphatic rings. The van der Waals surface area contributed by atoms with Gasteiger partial charge < -0.3 is 10.7 Å². The lowest BCUT2D eigenvalue weighted by Crippen LogP contribution is -2.34. The lowest BCUT2D eigenvalue weighted by atomic mass is 10.2. The summed E-state index contributed by atoms with van der Waals surface area (Å²) < 4.78 is 23.8. The van der Waals surface area contributed by atoms with Crippen LogP contribution in [-0.4, -0.2) is 38.7 Å². The molecule has 0 saturated carbocycles. The highest BCUT2D eigenvalue weighted by Gasteiger charge is 2.06. The minimum atomic E-state index is -3.23. The van der Waals surface area contributed by atoms with Gasteiger partial charge in [0.05, 0.1) is 11.8 Å². The molecule has 1 amide bonds. The van der Waals surface area contributed by atoms with Crippen molar-refractivity contribution in [1.29, 1.82) is 0 Å². The Balaban J connectivity index is 2.40. The number of hydrogen-bond donors (Lipinski definition) is 4. The van der Waals surface area contributed by atoms with E-state index in [4.69, 9.17) is 5.84 Å². The molecule has 1 rings (SSSR count). The molecule has 5 N–H and O–H groups in total. The zero-order chi connectivity index (χ0) is 13.6. The molecule has 0 unspecified atom stereocenters. The van der Waals surface area contributed by atoms with Crippen molar-refractivity contribution in [3.8, 4) is 0 Å². The van der Waals surface area contributed by atoms with Crippen LogP contribution >= 0.6 is 0 Å². The Bertz CT molecular complexity index is 499. The van der Waals surface area contributed by atoms with E-state index < -0.39 is 10.0 Å². The van der Waals surface area contributed by atoms with Gasteiger partial charge in [-0.3, -0.25) is 4.79 Å². The monoisotopic (exact) mass is 273 g/mol. The van der Waals surface area contributed by atoms with Gasteiger partial charge in [-0.1, -0.05) is 0 Å². The van der Waals surface area contributed by atoms with Crippen molar-refractivity contribution in [2.24, 2.45) is 5.84 Å². The molecule has 100 valence electrons. The summed E-state index contributed by atoms with van der Waals surface area (Å²) in [6.07, 6.45) is 2.42. The minimum Gasteiger partial charge on any atom is -0.351 e. The van der Waals surface area contributed by atoms with E-state index in [1.807, 2.05) is 0 Å². The topological polar surface area (TPSA) is 126 Å². The fourth-order valence-electron chi connectivity index (χ4n) is 1.13. The van der Waals surface area contributed by atoms with E-state index in [0.29, 0.717) is 11.4 Å². The molecule has 0 saturated heterocycles. The quantitative estimate of drug-likeness (QED) is 0.288. The summed E-state index contributed by atoms with van der Waals surface area (Å²) >= 11 is 0. The second kappa shape index (κ2) is 6.28. The van der Waals surface area contributed by atoms with Gasteiger partial charge in [-0.15, -0.1) is 0 Å². The number of hydrazine groups is 1. The van der Waals surface area contributed by atoms with Crippen molar-refractivity contribution in [3.63, 3.8) is 0 Å². The molecule has 0 spiro atoms. The first kappa shape index (κ1) is 14.4. The van der Waals surface area contributed by atoms with Gasteiger partial charge in [0.15, 0.2) is 0 Å². The van der Waals surface area contributed by atoms with Crippen LogP contribution in [0.15, 0.2) is 18.3 Å². The van der Waals surface area contributed by atoms with Crippen LogP contribution < -0.4 is 21.3 Å². The molecule has 1 aromatic rings. The van der Waals surface area contributed by atoms with Crippen LogP contribution in [0.2, 0.25) is 0 Å². The number of rotatable bonds is 6. The number of aromatic nitrogens is 1. The molecule has 1 heterocycles. The van der Waals surface area contributed by atoms with Crippen molar-refractivity contribution < 1.29 is 13.2 Å². The summed E-state index contributed by atoms with van der Waals surface area (Å²) in [6, 6.07) is 3.12. The molecule has 0 aliphatic heterocycles. The maximum absolute atomic E-state index is 11.6. The maximum Gasteiger partial charge on any atom is 0.252 e. The lowest BCUT2D eigenvalue weighted by molar-refractivity contribution is 0.0954. The first-order valence-electron chi connectivity index (χ1n) is 5.08. The highest BCUT2D eigenvalue weighted by atomic mass is 32.2. The fraction of sp³-hybridized carbons (Fsp3) is 0.333. The number of pyridine rings is 1. The summed E-state index contributed by atoms with van der Waals surface area (Å²) in [4.78, 5) is 15.5. The fourth-order valence-corrected chi connectivity index (χ4v) is 1.60. The average molecular weight is 273 g/mol. The number of nitrogens with one attached hydrogen (secondary N) is 3. The first-order chi connectivity index (χ1) is 8.42. The second-order valence-corrected chi connectivity index (χ2v) is 5.33. The van der Waals surface area contributed by atoms with Gasteiger partial charge in [0, 0.05) is 19.3 Å². The van der Waals surface area contributed by atoms with E-state index in [0.717, 1.165) is 6.26 Å². The van der Waals surface area contributed by atoms with E-state index in [1.54, 1.807) is 12.1 Å². The van der Waals surface area contributed by atoms with Crippen molar-refractivity contribution >= 4 is 21.7 Å². The van der Waals surface area contributed by atoms with E-state index in [2.05, 4.69) is 20.4 Å². The summed E-state index contributed by atoms with van der Waals surface area (Å²) in [5.41, 5.74) is 2.71. The number of carbonyl (C=O) groups excluding carboxylic acids is 1. The number of sulfonamides is 1. The average Bonchev–Trinajstić information content (AvgIpc) is 2.33. The second-order valence-electron chi connectivity index (χ2n) is 3.50. The van der Waals surface area contributed by atoms with Gasteiger partial charge in [-0.25, -0.2) is 24.0 Å². The zero-order valence-electron chi connectivity index (χ0n) is 9.80. The van der Waals surface area contributed by atoms with E-state index in [-0.39, 0.29) is 19.0 Å². The van der Waals surface area contributed by atoms with Crippen LogP contribution in [0.4, 0.5) is 5.82 Å². The predicted molar refractivity (Wildman–Crippen MR) is 67.2 cm³/mol. The molecule has 18 heavy (non-hydrogen) atoms. The summed E-state index contributed by atoms with van der Waals surface area (Å²) in [6.45, 7) is 0.337. The lowest BCUT2D eigenvalue weighted by Gasteiger charge is -2.06. The van der Waals surface area contributed by atoms with Crippen molar-refractivity contribution in [2.75, 3.05) is 24.8 Å². The van der Waals surface area contributed by atoms with Crippen LogP contribution in [0.3, 0.4) is 0 Å². The highest BCUT2D eigenvalue weighted by molar-refractivity contribution is 7.88. The van der Waals surface area contributed by atoms with Gasteiger partial charge in [0.25, 0.3) is 5.91 Å².